The van der Waals surface area contributed by atoms with Crippen LogP contribution in [-0.2, 0) is 24.8 Å². The van der Waals surface area contributed by atoms with E-state index in [-0.39, 0.29) is 23.7 Å². The number of amides is 1. The first-order valence-corrected chi connectivity index (χ1v) is 13.3. The topological polar surface area (TPSA) is 132 Å². The summed E-state index contributed by atoms with van der Waals surface area (Å²) in [6.45, 7) is -0.230. The van der Waals surface area contributed by atoms with Gasteiger partial charge in [0.1, 0.15) is 18.9 Å². The lowest BCUT2D eigenvalue weighted by molar-refractivity contribution is -0.119. The second-order valence-corrected chi connectivity index (χ2v) is 11.3. The Labute approximate surface area is 200 Å². The molecule has 11 nitrogen and oxygen atoms in total. The number of benzene rings is 2. The number of carbonyl (C=O) groups is 1. The van der Waals surface area contributed by atoms with Gasteiger partial charge in [-0.15, -0.1) is 0 Å². The highest BCUT2D eigenvalue weighted by molar-refractivity contribution is 7.92. The second kappa shape index (κ2) is 11.4. The second-order valence-electron chi connectivity index (χ2n) is 7.27. The van der Waals surface area contributed by atoms with Crippen LogP contribution in [0, 0.1) is 0 Å². The maximum Gasteiger partial charge on any atom is 0.242 e. The molecule has 0 spiro atoms. The van der Waals surface area contributed by atoms with Crippen molar-refractivity contribution in [2.45, 2.75) is 4.90 Å². The van der Waals surface area contributed by atoms with E-state index in [4.69, 9.17) is 14.2 Å². The number of nitrogens with zero attached hydrogens (tertiary/aromatic N) is 2. The lowest BCUT2D eigenvalue weighted by Crippen LogP contribution is -2.41. The molecule has 2 rings (SSSR count). The van der Waals surface area contributed by atoms with Crippen molar-refractivity contribution in [2.24, 2.45) is 0 Å². The van der Waals surface area contributed by atoms with Crippen molar-refractivity contribution in [1.29, 1.82) is 0 Å². The van der Waals surface area contributed by atoms with E-state index in [1.54, 1.807) is 6.07 Å². The summed E-state index contributed by atoms with van der Waals surface area (Å²) in [7, 11) is -1.52. The molecule has 34 heavy (non-hydrogen) atoms. The molecule has 0 saturated heterocycles. The van der Waals surface area contributed by atoms with Crippen LogP contribution < -0.4 is 23.8 Å². The van der Waals surface area contributed by atoms with Gasteiger partial charge in [0.25, 0.3) is 0 Å². The minimum absolute atomic E-state index is 0.0980. The van der Waals surface area contributed by atoms with Gasteiger partial charge in [-0.25, -0.2) is 21.1 Å². The number of carbonyl (C=O) groups excluding carboxylic acids is 1. The first kappa shape index (κ1) is 27.2. The fourth-order valence-electron chi connectivity index (χ4n) is 2.84. The fourth-order valence-corrected chi connectivity index (χ4v) is 4.59. The average Bonchev–Trinajstić information content (AvgIpc) is 2.79. The Hall–Kier alpha value is -3.03. The summed E-state index contributed by atoms with van der Waals surface area (Å²) in [4.78, 5) is 12.5. The Bertz CT molecular complexity index is 1200. The summed E-state index contributed by atoms with van der Waals surface area (Å²) >= 11 is 0. The van der Waals surface area contributed by atoms with Crippen LogP contribution >= 0.6 is 0 Å². The summed E-state index contributed by atoms with van der Waals surface area (Å²) in [6.07, 6.45) is 1.00. The molecule has 1 N–H and O–H groups in total. The lowest BCUT2D eigenvalue weighted by atomic mass is 10.2. The van der Waals surface area contributed by atoms with Crippen LogP contribution in [0.25, 0.3) is 0 Å². The molecule has 0 aliphatic heterocycles. The van der Waals surface area contributed by atoms with Gasteiger partial charge in [0.05, 0.1) is 37.6 Å². The monoisotopic (exact) mass is 515 g/mol. The number of ether oxygens (including phenoxy) is 3. The molecular weight excluding hydrogens is 486 g/mol. The van der Waals surface area contributed by atoms with Crippen LogP contribution in [0.2, 0.25) is 0 Å². The lowest BCUT2D eigenvalue weighted by Gasteiger charge is -2.23. The van der Waals surface area contributed by atoms with Crippen molar-refractivity contribution in [3.8, 4) is 17.2 Å². The SMILES string of the molecule is COc1ccc(N(CC(=O)NCCOc2ccc(S(=O)(=O)N(C)C)cc2)S(C)(=O)=O)cc1OC. The number of hydrogen-bond acceptors (Lipinski definition) is 8. The zero-order chi connectivity index (χ0) is 25.5. The third kappa shape index (κ3) is 6.98. The first-order chi connectivity index (χ1) is 15.9. The van der Waals surface area contributed by atoms with E-state index in [2.05, 4.69) is 5.32 Å². The van der Waals surface area contributed by atoms with E-state index in [1.807, 2.05) is 0 Å². The summed E-state index contributed by atoms with van der Waals surface area (Å²) in [5.74, 6) is 0.645. The highest BCUT2D eigenvalue weighted by Crippen LogP contribution is 2.32. The minimum Gasteiger partial charge on any atom is -0.493 e. The molecule has 0 aromatic heterocycles. The fraction of sp³-hybridized carbons (Fsp3) is 0.381. The van der Waals surface area contributed by atoms with E-state index in [1.165, 1.54) is 64.7 Å². The Morgan fingerprint density at radius 2 is 1.56 bits per heavy atom. The van der Waals surface area contributed by atoms with Crippen molar-refractivity contribution >= 4 is 31.6 Å². The third-order valence-electron chi connectivity index (χ3n) is 4.64. The number of rotatable bonds is 12. The van der Waals surface area contributed by atoms with E-state index >= 15 is 0 Å². The highest BCUT2D eigenvalue weighted by Gasteiger charge is 2.22. The van der Waals surface area contributed by atoms with Gasteiger partial charge in [0.2, 0.25) is 26.0 Å². The molecule has 13 heteroatoms. The summed E-state index contributed by atoms with van der Waals surface area (Å²) in [5.41, 5.74) is 0.249. The normalized spacial score (nSPS) is 11.7. The molecule has 2 aromatic carbocycles. The molecule has 0 aliphatic carbocycles. The molecule has 0 unspecified atom stereocenters. The van der Waals surface area contributed by atoms with Crippen molar-refractivity contribution < 1.29 is 35.8 Å². The van der Waals surface area contributed by atoms with Crippen LogP contribution in [0.4, 0.5) is 5.69 Å². The predicted molar refractivity (Wildman–Crippen MR) is 128 cm³/mol. The standard InChI is InChI=1S/C21H29N3O8S2/c1-23(2)34(28,29)18-9-7-17(8-10-18)32-13-12-22-21(25)15-24(33(5,26)27)16-6-11-19(30-3)20(14-16)31-4/h6-11,14H,12-13,15H2,1-5H3,(H,22,25). The zero-order valence-electron chi connectivity index (χ0n) is 19.6. The maximum atomic E-state index is 12.4. The van der Waals surface area contributed by atoms with Gasteiger partial charge < -0.3 is 19.5 Å². The molecular formula is C21H29N3O8S2. The van der Waals surface area contributed by atoms with Crippen LogP contribution in [0.3, 0.4) is 0 Å². The number of hydrogen-bond donors (Lipinski definition) is 1. The zero-order valence-corrected chi connectivity index (χ0v) is 21.3. The molecule has 0 fully saturated rings. The third-order valence-corrected chi connectivity index (χ3v) is 7.61. The Balaban J connectivity index is 1.95. The van der Waals surface area contributed by atoms with Crippen molar-refractivity contribution in [3.05, 3.63) is 42.5 Å². The molecule has 188 valence electrons. The quantitative estimate of drug-likeness (QED) is 0.413. The molecule has 0 atom stereocenters. The van der Waals surface area contributed by atoms with Gasteiger partial charge >= 0.3 is 0 Å². The minimum atomic E-state index is -3.76. The molecule has 0 radical (unpaired) electrons. The Morgan fingerprint density at radius 1 is 0.941 bits per heavy atom. The number of anilines is 1. The molecule has 2 aromatic rings. The van der Waals surface area contributed by atoms with Gasteiger partial charge in [0, 0.05) is 20.2 Å². The molecule has 0 saturated carbocycles. The van der Waals surface area contributed by atoms with Crippen molar-refractivity contribution in [1.82, 2.24) is 9.62 Å². The van der Waals surface area contributed by atoms with Crippen molar-refractivity contribution in [2.75, 3.05) is 58.6 Å². The van der Waals surface area contributed by atoms with Crippen LogP contribution in [0.5, 0.6) is 17.2 Å². The average molecular weight is 516 g/mol. The predicted octanol–water partition coefficient (Wildman–Crippen LogP) is 0.915. The number of methoxy groups -OCH3 is 2. The van der Waals surface area contributed by atoms with E-state index in [9.17, 15) is 21.6 Å². The highest BCUT2D eigenvalue weighted by atomic mass is 32.2. The maximum absolute atomic E-state index is 12.4. The van der Waals surface area contributed by atoms with Crippen LogP contribution in [0.15, 0.2) is 47.4 Å². The molecule has 0 aliphatic rings. The van der Waals surface area contributed by atoms with Gasteiger partial charge in [-0.1, -0.05) is 0 Å². The van der Waals surface area contributed by atoms with Crippen LogP contribution in [0.1, 0.15) is 0 Å². The van der Waals surface area contributed by atoms with Gasteiger partial charge in [-0.2, -0.15) is 0 Å². The van der Waals surface area contributed by atoms with E-state index < -0.39 is 32.5 Å². The Morgan fingerprint density at radius 3 is 2.09 bits per heavy atom. The number of sulfonamides is 2. The summed E-state index contributed by atoms with van der Waals surface area (Å²) < 4.78 is 66.7. The van der Waals surface area contributed by atoms with Crippen molar-refractivity contribution in [3.63, 3.8) is 0 Å². The van der Waals surface area contributed by atoms with E-state index in [0.29, 0.717) is 17.2 Å². The van der Waals surface area contributed by atoms with Gasteiger partial charge in [0.15, 0.2) is 11.5 Å². The Kier molecular flexibility index (Phi) is 9.13. The molecule has 1 amide bonds. The first-order valence-electron chi connectivity index (χ1n) is 10.0. The molecule has 0 bridgehead atoms. The largest absolute Gasteiger partial charge is 0.493 e. The van der Waals surface area contributed by atoms with E-state index in [0.717, 1.165) is 14.9 Å². The summed E-state index contributed by atoms with van der Waals surface area (Å²) in [6, 6.07) is 10.4. The van der Waals surface area contributed by atoms with Crippen LogP contribution in [-0.4, -0.2) is 81.3 Å². The van der Waals surface area contributed by atoms with Gasteiger partial charge in [-0.05, 0) is 36.4 Å². The smallest absolute Gasteiger partial charge is 0.242 e. The number of nitrogens with one attached hydrogen (secondary N) is 1. The van der Waals surface area contributed by atoms with Gasteiger partial charge in [-0.3, -0.25) is 9.10 Å². The molecule has 0 heterocycles. The summed E-state index contributed by atoms with van der Waals surface area (Å²) in [5, 5.41) is 2.60.